The van der Waals surface area contributed by atoms with E-state index in [0.29, 0.717) is 23.0 Å². The molecule has 1 aliphatic heterocycles. The molecule has 4 rings (SSSR count). The molecule has 0 radical (unpaired) electrons. The molecule has 3 aromatic rings. The number of anilines is 1. The monoisotopic (exact) mass is 491 g/mol. The Morgan fingerprint density at radius 1 is 0.931 bits per heavy atom. The van der Waals surface area contributed by atoms with Gasteiger partial charge < -0.3 is 9.64 Å². The Kier molecular flexibility index (Phi) is 6.29. The Balaban J connectivity index is 1.54. The van der Waals surface area contributed by atoms with Crippen LogP contribution in [0.5, 0.6) is 0 Å². The molecular formula is C20H18BrN3O3S2. The van der Waals surface area contributed by atoms with E-state index < -0.39 is 0 Å². The molecule has 6 nitrogen and oxygen atoms in total. The predicted octanol–water partition coefficient (Wildman–Crippen LogP) is 4.15. The quantitative estimate of drug-likeness (QED) is 0.537. The first-order chi connectivity index (χ1) is 14.1. The fourth-order valence-corrected chi connectivity index (χ4v) is 5.40. The molecule has 0 aliphatic carbocycles. The van der Waals surface area contributed by atoms with Crippen LogP contribution in [0.15, 0.2) is 52.3 Å². The number of benzene rings is 1. The smallest absolute Gasteiger partial charge is 0.279 e. The topological polar surface area (TPSA) is 70.7 Å². The van der Waals surface area contributed by atoms with Crippen LogP contribution in [0.4, 0.5) is 5.00 Å². The van der Waals surface area contributed by atoms with Gasteiger partial charge in [0, 0.05) is 18.7 Å². The second-order valence-electron chi connectivity index (χ2n) is 6.31. The number of rotatable bonds is 4. The minimum Gasteiger partial charge on any atom is -0.378 e. The van der Waals surface area contributed by atoms with Gasteiger partial charge in [-0.3, -0.25) is 20.4 Å². The largest absolute Gasteiger partial charge is 0.378 e. The number of nitrogens with one attached hydrogen (secondary N) is 2. The van der Waals surface area contributed by atoms with Crippen LogP contribution in [0, 0.1) is 0 Å². The molecule has 0 unspecified atom stereocenters. The summed E-state index contributed by atoms with van der Waals surface area (Å²) < 4.78 is 6.32. The lowest BCUT2D eigenvalue weighted by atomic mass is 10.1. The maximum atomic E-state index is 12.7. The van der Waals surface area contributed by atoms with Gasteiger partial charge in [-0.05, 0) is 39.7 Å². The zero-order valence-electron chi connectivity index (χ0n) is 15.3. The number of hydrogen-bond donors (Lipinski definition) is 2. The molecule has 2 amide bonds. The Bertz CT molecular complexity index is 1010. The van der Waals surface area contributed by atoms with Crippen molar-refractivity contribution in [3.05, 3.63) is 62.1 Å². The molecule has 29 heavy (non-hydrogen) atoms. The number of hydrazine groups is 1. The van der Waals surface area contributed by atoms with Crippen LogP contribution in [0.3, 0.4) is 0 Å². The molecule has 1 fully saturated rings. The van der Waals surface area contributed by atoms with E-state index in [-0.39, 0.29) is 11.8 Å². The minimum atomic E-state index is -0.345. The zero-order valence-corrected chi connectivity index (χ0v) is 18.5. The highest BCUT2D eigenvalue weighted by Gasteiger charge is 2.22. The van der Waals surface area contributed by atoms with Crippen LogP contribution in [0.2, 0.25) is 0 Å². The van der Waals surface area contributed by atoms with E-state index in [0.717, 1.165) is 33.0 Å². The van der Waals surface area contributed by atoms with Gasteiger partial charge in [0.05, 0.1) is 31.8 Å². The van der Waals surface area contributed by atoms with E-state index in [1.165, 1.54) is 22.7 Å². The van der Waals surface area contributed by atoms with Crippen LogP contribution in [-0.2, 0) is 4.74 Å². The fraction of sp³-hybridized carbons (Fsp3) is 0.200. The van der Waals surface area contributed by atoms with Crippen LogP contribution < -0.4 is 15.8 Å². The second-order valence-corrected chi connectivity index (χ2v) is 9.80. The lowest BCUT2D eigenvalue weighted by Crippen LogP contribution is -2.41. The van der Waals surface area contributed by atoms with Crippen LogP contribution in [0.25, 0.3) is 11.1 Å². The van der Waals surface area contributed by atoms with Crippen LogP contribution in [-0.4, -0.2) is 38.1 Å². The van der Waals surface area contributed by atoms with Crippen molar-refractivity contribution in [1.82, 2.24) is 10.9 Å². The summed E-state index contributed by atoms with van der Waals surface area (Å²) in [5.74, 6) is -0.682. The van der Waals surface area contributed by atoms with Gasteiger partial charge in [0.2, 0.25) is 0 Å². The summed E-state index contributed by atoms with van der Waals surface area (Å²) >= 11 is 6.05. The lowest BCUT2D eigenvalue weighted by Gasteiger charge is -2.28. The van der Waals surface area contributed by atoms with Crippen molar-refractivity contribution in [2.24, 2.45) is 0 Å². The first-order valence-corrected chi connectivity index (χ1v) is 11.4. The third kappa shape index (κ3) is 4.69. The summed E-state index contributed by atoms with van der Waals surface area (Å²) in [7, 11) is 0. The van der Waals surface area contributed by atoms with E-state index in [4.69, 9.17) is 4.74 Å². The van der Waals surface area contributed by atoms with Crippen molar-refractivity contribution >= 4 is 55.4 Å². The summed E-state index contributed by atoms with van der Waals surface area (Å²) in [5, 5.41) is 1.04. The number of morpholine rings is 1. The first kappa shape index (κ1) is 20.1. The number of hydrogen-bond acceptors (Lipinski definition) is 6. The average molecular weight is 492 g/mol. The third-order valence-corrected chi connectivity index (χ3v) is 7.22. The van der Waals surface area contributed by atoms with Gasteiger partial charge in [0.15, 0.2) is 0 Å². The van der Waals surface area contributed by atoms with E-state index >= 15 is 0 Å². The maximum Gasteiger partial charge on any atom is 0.279 e. The summed E-state index contributed by atoms with van der Waals surface area (Å²) in [4.78, 5) is 28.2. The van der Waals surface area contributed by atoms with Crippen molar-refractivity contribution in [2.45, 2.75) is 0 Å². The van der Waals surface area contributed by atoms with Gasteiger partial charge in [0.1, 0.15) is 0 Å². The summed E-state index contributed by atoms with van der Waals surface area (Å²) in [6.07, 6.45) is 0. The third-order valence-electron chi connectivity index (χ3n) is 4.41. The summed E-state index contributed by atoms with van der Waals surface area (Å²) in [6, 6.07) is 15.4. The van der Waals surface area contributed by atoms with Gasteiger partial charge in [-0.25, -0.2) is 0 Å². The van der Waals surface area contributed by atoms with Gasteiger partial charge in [0.25, 0.3) is 11.8 Å². The number of thiophene rings is 2. The van der Waals surface area contributed by atoms with Crippen molar-refractivity contribution < 1.29 is 14.3 Å². The second kappa shape index (κ2) is 9.08. The van der Waals surface area contributed by atoms with Crippen molar-refractivity contribution in [3.8, 4) is 11.1 Å². The lowest BCUT2D eigenvalue weighted by molar-refractivity contribution is 0.0851. The van der Waals surface area contributed by atoms with Crippen molar-refractivity contribution in [3.63, 3.8) is 0 Å². The molecule has 1 saturated heterocycles. The number of amides is 2. The minimum absolute atomic E-state index is 0.337. The Hall–Kier alpha value is -2.20. The first-order valence-electron chi connectivity index (χ1n) is 9.00. The van der Waals surface area contributed by atoms with E-state index in [9.17, 15) is 9.59 Å². The molecule has 1 aromatic carbocycles. The fourth-order valence-electron chi connectivity index (χ4n) is 2.99. The van der Waals surface area contributed by atoms with Gasteiger partial charge in [-0.1, -0.05) is 30.3 Å². The molecule has 9 heteroatoms. The van der Waals surface area contributed by atoms with E-state index in [1.54, 1.807) is 12.1 Å². The molecule has 0 bridgehead atoms. The molecule has 150 valence electrons. The van der Waals surface area contributed by atoms with Crippen LogP contribution >= 0.6 is 38.6 Å². The number of carbonyl (C=O) groups excluding carboxylic acids is 2. The molecule has 0 saturated carbocycles. The summed E-state index contributed by atoms with van der Waals surface area (Å²) in [5.41, 5.74) is 7.07. The van der Waals surface area contributed by atoms with Crippen LogP contribution in [0.1, 0.15) is 19.3 Å². The highest BCUT2D eigenvalue weighted by molar-refractivity contribution is 9.11. The Morgan fingerprint density at radius 3 is 2.28 bits per heavy atom. The van der Waals surface area contributed by atoms with E-state index in [1.807, 2.05) is 36.4 Å². The van der Waals surface area contributed by atoms with Gasteiger partial charge in [-0.15, -0.1) is 22.7 Å². The number of carbonyl (C=O) groups is 2. The predicted molar refractivity (Wildman–Crippen MR) is 120 cm³/mol. The van der Waals surface area contributed by atoms with Gasteiger partial charge >= 0.3 is 0 Å². The van der Waals surface area contributed by atoms with E-state index in [2.05, 4.69) is 31.7 Å². The molecular weight excluding hydrogens is 474 g/mol. The number of halogens is 1. The standard InChI is InChI=1S/C20H18BrN3O3S2/c21-17-7-6-15(28-17)18(25)22-23-19(26)16-12-14(13-4-2-1-3-5-13)20(29-16)24-8-10-27-11-9-24/h1-7,12H,8-11H2,(H,22,25)(H,23,26). The number of ether oxygens (including phenoxy) is 1. The maximum absolute atomic E-state index is 12.7. The normalized spacial score (nSPS) is 13.9. The number of nitrogens with zero attached hydrogens (tertiary/aromatic N) is 1. The highest BCUT2D eigenvalue weighted by atomic mass is 79.9. The highest BCUT2D eigenvalue weighted by Crippen LogP contribution is 2.39. The molecule has 1 aliphatic rings. The van der Waals surface area contributed by atoms with Gasteiger partial charge in [-0.2, -0.15) is 0 Å². The molecule has 0 spiro atoms. The molecule has 3 heterocycles. The molecule has 0 atom stereocenters. The summed E-state index contributed by atoms with van der Waals surface area (Å²) in [6.45, 7) is 2.90. The molecule has 2 N–H and O–H groups in total. The van der Waals surface area contributed by atoms with Crippen molar-refractivity contribution in [1.29, 1.82) is 0 Å². The average Bonchev–Trinajstić information content (AvgIpc) is 3.40. The van der Waals surface area contributed by atoms with Crippen molar-refractivity contribution in [2.75, 3.05) is 31.2 Å². The zero-order chi connectivity index (χ0) is 20.2. The Morgan fingerprint density at radius 2 is 1.62 bits per heavy atom. The Labute approximate surface area is 184 Å². The molecule has 2 aromatic heterocycles. The SMILES string of the molecule is O=C(NNC(=O)c1cc(-c2ccccc2)c(N2CCOCC2)s1)c1ccc(Br)s1.